The maximum atomic E-state index is 15.2. The molecule has 69 heavy (non-hydrogen) atoms. The van der Waals surface area contributed by atoms with Gasteiger partial charge in [0.1, 0.15) is 5.57 Å². The van der Waals surface area contributed by atoms with Crippen molar-refractivity contribution in [1.82, 2.24) is 0 Å². The lowest BCUT2D eigenvalue weighted by Gasteiger charge is -2.16. The van der Waals surface area contributed by atoms with Crippen molar-refractivity contribution in [3.63, 3.8) is 0 Å². The Hall–Kier alpha value is -9.36. The molecule has 316 valence electrons. The van der Waals surface area contributed by atoms with Crippen LogP contribution in [-0.4, -0.2) is 5.78 Å². The summed E-state index contributed by atoms with van der Waals surface area (Å²) in [5.41, 5.74) is 21.4. The van der Waals surface area contributed by atoms with E-state index in [1.165, 1.54) is 22.3 Å². The Bertz CT molecular complexity index is 4230. The van der Waals surface area contributed by atoms with Crippen LogP contribution in [0.25, 0.3) is 81.7 Å². The van der Waals surface area contributed by atoms with Crippen LogP contribution in [0.5, 0.6) is 0 Å². The first-order valence-corrected chi connectivity index (χ1v) is 23.4. The predicted molar refractivity (Wildman–Crippen MR) is 288 cm³/mol. The Kier molecular flexibility index (Phi) is 9.56. The molecule has 1 nitrogen and oxygen atoms in total. The van der Waals surface area contributed by atoms with E-state index in [-0.39, 0.29) is 5.78 Å². The first-order chi connectivity index (χ1) is 34.2. The van der Waals surface area contributed by atoms with Gasteiger partial charge in [0.25, 0.3) is 0 Å². The SMILES string of the molecule is O=C(c1c2ccccc2cc2ccccc12)c1c2ccccc2c(C#CC2=CCC(=C=C=c3c4ccccc4c(=C=C4c5ccccc5[CH+]c5ccccc54)c4ccccc34)C=C2)c2ccccc12. The van der Waals surface area contributed by atoms with E-state index < -0.39 is 0 Å². The monoisotopic (exact) mass is 871 g/mol. The van der Waals surface area contributed by atoms with Crippen molar-refractivity contribution in [1.29, 1.82) is 0 Å². The van der Waals surface area contributed by atoms with Crippen molar-refractivity contribution in [2.75, 3.05) is 0 Å². The topological polar surface area (TPSA) is 17.1 Å². The Morgan fingerprint density at radius 2 is 0.870 bits per heavy atom. The highest BCUT2D eigenvalue weighted by Gasteiger charge is 2.27. The smallest absolute Gasteiger partial charge is 0.195 e. The molecule has 13 rings (SSSR count). The highest BCUT2D eigenvalue weighted by molar-refractivity contribution is 6.32. The van der Waals surface area contributed by atoms with Gasteiger partial charge in [0.2, 0.25) is 0 Å². The van der Waals surface area contributed by atoms with Crippen molar-refractivity contribution < 1.29 is 4.79 Å². The molecule has 0 atom stereocenters. The van der Waals surface area contributed by atoms with E-state index in [4.69, 9.17) is 0 Å². The van der Waals surface area contributed by atoms with Gasteiger partial charge in [0.05, 0.1) is 22.3 Å². The van der Waals surface area contributed by atoms with Gasteiger partial charge in [-0.2, -0.15) is 0 Å². The molecular weight excluding hydrogens is 833 g/mol. The van der Waals surface area contributed by atoms with E-state index in [9.17, 15) is 0 Å². The normalized spacial score (nSPS) is 12.7. The van der Waals surface area contributed by atoms with Crippen LogP contribution in [-0.2, 0) is 0 Å². The molecular formula is C68H39O+. The second-order valence-corrected chi connectivity index (χ2v) is 17.7. The van der Waals surface area contributed by atoms with Gasteiger partial charge in [-0.25, -0.2) is 0 Å². The highest BCUT2D eigenvalue weighted by atomic mass is 16.1. The first kappa shape index (κ1) is 40.0. The molecule has 2 aliphatic rings. The highest BCUT2D eigenvalue weighted by Crippen LogP contribution is 2.39. The summed E-state index contributed by atoms with van der Waals surface area (Å²) in [6, 6.07) is 69.4. The zero-order valence-corrected chi connectivity index (χ0v) is 37.5. The van der Waals surface area contributed by atoms with Gasteiger partial charge in [0, 0.05) is 56.8 Å². The number of allylic oxidation sites excluding steroid dienone is 5. The van der Waals surface area contributed by atoms with E-state index in [1.807, 2.05) is 48.5 Å². The first-order valence-electron chi connectivity index (χ1n) is 23.4. The van der Waals surface area contributed by atoms with Gasteiger partial charge in [-0.15, -0.1) is 0 Å². The van der Waals surface area contributed by atoms with Crippen molar-refractivity contribution >= 4 is 87.5 Å². The molecule has 0 N–H and O–H groups in total. The zero-order chi connectivity index (χ0) is 45.8. The molecule has 1 heteroatoms. The molecule has 0 aromatic heterocycles. The lowest BCUT2D eigenvalue weighted by Crippen LogP contribution is -2.14. The van der Waals surface area contributed by atoms with Crippen molar-refractivity contribution in [2.45, 2.75) is 6.42 Å². The van der Waals surface area contributed by atoms with Crippen LogP contribution in [0.4, 0.5) is 0 Å². The second-order valence-electron chi connectivity index (χ2n) is 17.7. The van der Waals surface area contributed by atoms with Crippen LogP contribution in [0.15, 0.2) is 235 Å². The average Bonchev–Trinajstić information content (AvgIpc) is 3.41. The standard InChI is InChI=1S/C68H39O/c69-68(66-52-23-7-3-19-48(52)42-49-20-4-8-24-53(49)66)67-62-31-15-13-27-56(62)61(57-28-14-16-32-63(57)67)40-38-45-35-33-44(34-36-45)37-39-60-54-25-9-11-29-58(54)65(59-30-12-10-26-55(59)60)43-64-50-21-5-1-17-46(50)41-47-18-2-6-22-51(47)64/h1-33,35-36,41-42H,34H2/q+1. The molecule has 2 aliphatic carbocycles. The minimum absolute atomic E-state index is 0.0141. The molecule has 0 radical (unpaired) electrons. The minimum atomic E-state index is 0.0141. The minimum Gasteiger partial charge on any atom is -0.289 e. The van der Waals surface area contributed by atoms with Gasteiger partial charge in [-0.1, -0.05) is 181 Å². The summed E-state index contributed by atoms with van der Waals surface area (Å²) in [4.78, 5) is 15.2. The third kappa shape index (κ3) is 6.77. The number of carbonyl (C=O) groups excluding carboxylic acids is 1. The third-order valence-electron chi connectivity index (χ3n) is 13.8. The Morgan fingerprint density at radius 1 is 0.420 bits per heavy atom. The van der Waals surface area contributed by atoms with Crippen molar-refractivity contribution in [2.24, 2.45) is 0 Å². The largest absolute Gasteiger partial charge is 0.289 e. The summed E-state index contributed by atoms with van der Waals surface area (Å²) in [6.07, 6.45) is 9.30. The van der Waals surface area contributed by atoms with Crippen LogP contribution >= 0.6 is 0 Å². The number of fused-ring (bicyclic) bond motifs is 8. The van der Waals surface area contributed by atoms with Crippen LogP contribution in [0.1, 0.15) is 50.2 Å². The molecule has 0 heterocycles. The number of carbonyl (C=O) groups is 1. The van der Waals surface area contributed by atoms with Crippen molar-refractivity contribution in [3.05, 3.63) is 291 Å². The lowest BCUT2D eigenvalue weighted by molar-refractivity contribution is 0.104. The zero-order valence-electron chi connectivity index (χ0n) is 37.5. The Labute approximate surface area is 399 Å². The van der Waals surface area contributed by atoms with Crippen LogP contribution in [0, 0.1) is 18.3 Å². The summed E-state index contributed by atoms with van der Waals surface area (Å²) in [5, 5.41) is 14.3. The third-order valence-corrected chi connectivity index (χ3v) is 13.8. The van der Waals surface area contributed by atoms with E-state index in [0.29, 0.717) is 12.0 Å². The van der Waals surface area contributed by atoms with Gasteiger partial charge in [-0.3, -0.25) is 4.79 Å². The lowest BCUT2D eigenvalue weighted by atomic mass is 9.82. The number of benzene rings is 11. The number of ketones is 1. The van der Waals surface area contributed by atoms with Crippen LogP contribution in [0.2, 0.25) is 0 Å². The molecule has 11 aromatic carbocycles. The molecule has 0 fully saturated rings. The maximum Gasteiger partial charge on any atom is 0.195 e. The Balaban J connectivity index is 0.922. The van der Waals surface area contributed by atoms with Crippen LogP contribution < -0.4 is 10.4 Å². The van der Waals surface area contributed by atoms with E-state index in [2.05, 4.69) is 205 Å². The van der Waals surface area contributed by atoms with Crippen molar-refractivity contribution in [3.8, 4) is 11.8 Å². The molecule has 0 bridgehead atoms. The molecule has 0 spiro atoms. The fourth-order valence-electron chi connectivity index (χ4n) is 10.6. The van der Waals surface area contributed by atoms with E-state index >= 15 is 4.79 Å². The molecule has 0 unspecified atom stereocenters. The summed E-state index contributed by atoms with van der Waals surface area (Å²) in [5.74, 6) is 7.12. The number of rotatable bonds is 2. The quantitative estimate of drug-likeness (QED) is 0.0556. The van der Waals surface area contributed by atoms with Gasteiger partial charge in [0.15, 0.2) is 5.78 Å². The summed E-state index contributed by atoms with van der Waals surface area (Å²) in [7, 11) is 0. The fourth-order valence-corrected chi connectivity index (χ4v) is 10.6. The van der Waals surface area contributed by atoms with Gasteiger partial charge in [-0.05, 0) is 126 Å². The molecule has 0 saturated heterocycles. The molecule has 0 amide bonds. The maximum absolute atomic E-state index is 15.2. The number of hydrogen-bond donors (Lipinski definition) is 0. The Morgan fingerprint density at radius 3 is 1.41 bits per heavy atom. The van der Waals surface area contributed by atoms with E-state index in [0.717, 1.165) is 103 Å². The van der Waals surface area contributed by atoms with E-state index in [1.54, 1.807) is 0 Å². The summed E-state index contributed by atoms with van der Waals surface area (Å²) < 4.78 is 0. The van der Waals surface area contributed by atoms with Crippen LogP contribution in [0.3, 0.4) is 0 Å². The molecule has 0 saturated carbocycles. The number of hydrogen-bond acceptors (Lipinski definition) is 1. The molecule has 0 aliphatic heterocycles. The van der Waals surface area contributed by atoms with Gasteiger partial charge >= 0.3 is 0 Å². The predicted octanol–water partition coefficient (Wildman–Crippen LogP) is 14.7. The fraction of sp³-hybridized carbons (Fsp3) is 0.0147. The molecule has 11 aromatic rings. The van der Waals surface area contributed by atoms with Gasteiger partial charge < -0.3 is 0 Å². The summed E-state index contributed by atoms with van der Waals surface area (Å²) in [6.45, 7) is 0. The summed E-state index contributed by atoms with van der Waals surface area (Å²) >= 11 is 0. The second kappa shape index (κ2) is 16.5. The average molecular weight is 872 g/mol.